The lowest BCUT2D eigenvalue weighted by Crippen LogP contribution is -2.48. The third-order valence-electron chi connectivity index (χ3n) is 5.04. The van der Waals surface area contributed by atoms with Crippen LogP contribution < -0.4 is 10.6 Å². The number of aliphatic hydroxyl groups excluding tert-OH is 1. The highest BCUT2D eigenvalue weighted by atomic mass is 35.5. The molecular formula is C16H23ClN4O2S. The van der Waals surface area contributed by atoms with Crippen molar-refractivity contribution in [2.24, 2.45) is 0 Å². The molecule has 3 heterocycles. The van der Waals surface area contributed by atoms with E-state index in [1.807, 2.05) is 0 Å². The van der Waals surface area contributed by atoms with Gasteiger partial charge in [0.05, 0.1) is 12.1 Å². The number of aryl methyl sites for hydroxylation is 1. The molecule has 0 unspecified atom stereocenters. The quantitative estimate of drug-likeness (QED) is 0.691. The number of hydrogen-bond acceptors (Lipinski definition) is 6. The number of hydrogen-bond donors (Lipinski definition) is 3. The van der Waals surface area contributed by atoms with Gasteiger partial charge in [0.15, 0.2) is 11.6 Å². The van der Waals surface area contributed by atoms with Crippen LogP contribution in [-0.2, 0) is 17.6 Å². The number of fused-ring (bicyclic) bond motifs is 1. The number of rotatable bonds is 4. The molecule has 2 aliphatic heterocycles. The Morgan fingerprint density at radius 3 is 2.79 bits per heavy atom. The standard InChI is InChI=1S/C16H22N4O2S.ClH/c21-10-16(5-1-6-16)20-15-13-12(4-9-23(13)22)18-14(19-15)11-2-7-17-8-3-11;/h2,17,21H,1,3-10H2,(H,18,19,20);1H/t23-;/m1./s1. The predicted octanol–water partition coefficient (Wildman–Crippen LogP) is 1.27. The monoisotopic (exact) mass is 370 g/mol. The van der Waals surface area contributed by atoms with Gasteiger partial charge in [-0.3, -0.25) is 0 Å². The first-order valence-electron chi connectivity index (χ1n) is 8.29. The molecular weight excluding hydrogens is 348 g/mol. The molecule has 0 amide bonds. The molecule has 3 aliphatic rings. The minimum atomic E-state index is -1.04. The van der Waals surface area contributed by atoms with Crippen molar-refractivity contribution in [3.63, 3.8) is 0 Å². The van der Waals surface area contributed by atoms with Crippen molar-refractivity contribution in [2.45, 2.75) is 42.5 Å². The zero-order valence-corrected chi connectivity index (χ0v) is 15.1. The molecule has 1 atom stereocenters. The third kappa shape index (κ3) is 3.15. The third-order valence-corrected chi connectivity index (χ3v) is 6.49. The van der Waals surface area contributed by atoms with Crippen LogP contribution in [0.2, 0.25) is 0 Å². The zero-order chi connectivity index (χ0) is 15.9. The van der Waals surface area contributed by atoms with E-state index in [1.165, 1.54) is 0 Å². The average molecular weight is 371 g/mol. The lowest BCUT2D eigenvalue weighted by atomic mass is 9.77. The van der Waals surface area contributed by atoms with Gasteiger partial charge < -0.3 is 20.3 Å². The van der Waals surface area contributed by atoms with Gasteiger partial charge in [-0.05, 0) is 49.0 Å². The Balaban J connectivity index is 0.00000169. The maximum Gasteiger partial charge on any atom is 0.216 e. The maximum absolute atomic E-state index is 12.4. The van der Waals surface area contributed by atoms with Gasteiger partial charge in [-0.25, -0.2) is 9.97 Å². The Morgan fingerprint density at radius 2 is 2.17 bits per heavy atom. The van der Waals surface area contributed by atoms with Crippen LogP contribution in [0.5, 0.6) is 0 Å². The van der Waals surface area contributed by atoms with Crippen molar-refractivity contribution in [3.05, 3.63) is 17.6 Å². The summed E-state index contributed by atoms with van der Waals surface area (Å²) in [6.45, 7) is 1.85. The van der Waals surface area contributed by atoms with Gasteiger partial charge in [0.1, 0.15) is 11.4 Å². The fraction of sp³-hybridized carbons (Fsp3) is 0.625. The summed E-state index contributed by atoms with van der Waals surface area (Å²) >= 11 is -1.04. The lowest BCUT2D eigenvalue weighted by Gasteiger charge is -2.41. The first-order chi connectivity index (χ1) is 11.2. The minimum Gasteiger partial charge on any atom is -0.611 e. The summed E-state index contributed by atoms with van der Waals surface area (Å²) in [4.78, 5) is 10.1. The van der Waals surface area contributed by atoms with Gasteiger partial charge in [0.25, 0.3) is 0 Å². The van der Waals surface area contributed by atoms with E-state index in [9.17, 15) is 9.66 Å². The van der Waals surface area contributed by atoms with E-state index < -0.39 is 11.2 Å². The second-order valence-electron chi connectivity index (χ2n) is 6.57. The zero-order valence-electron chi connectivity index (χ0n) is 13.5. The second-order valence-corrected chi connectivity index (χ2v) is 8.08. The molecule has 0 spiro atoms. The van der Waals surface area contributed by atoms with Gasteiger partial charge in [-0.2, -0.15) is 0 Å². The maximum atomic E-state index is 12.4. The van der Waals surface area contributed by atoms with Crippen molar-refractivity contribution in [1.82, 2.24) is 15.3 Å². The van der Waals surface area contributed by atoms with Crippen molar-refractivity contribution in [3.8, 4) is 0 Å². The van der Waals surface area contributed by atoms with Crippen molar-refractivity contribution < 1.29 is 9.66 Å². The largest absolute Gasteiger partial charge is 0.611 e. The smallest absolute Gasteiger partial charge is 0.216 e. The van der Waals surface area contributed by atoms with Gasteiger partial charge in [-0.15, -0.1) is 12.4 Å². The van der Waals surface area contributed by atoms with Gasteiger partial charge in [0.2, 0.25) is 4.90 Å². The Morgan fingerprint density at radius 1 is 1.33 bits per heavy atom. The Labute approximate surface area is 151 Å². The number of aliphatic hydroxyl groups is 1. The first-order valence-corrected chi connectivity index (χ1v) is 9.61. The summed E-state index contributed by atoms with van der Waals surface area (Å²) < 4.78 is 12.4. The molecule has 132 valence electrons. The summed E-state index contributed by atoms with van der Waals surface area (Å²) in [7, 11) is 0. The van der Waals surface area contributed by atoms with Crippen molar-refractivity contribution >= 4 is 35.0 Å². The van der Waals surface area contributed by atoms with Gasteiger partial charge >= 0.3 is 0 Å². The Hall–Kier alpha value is -0.860. The fourth-order valence-electron chi connectivity index (χ4n) is 3.43. The summed E-state index contributed by atoms with van der Waals surface area (Å²) in [6.07, 6.45) is 6.74. The number of nitrogens with one attached hydrogen (secondary N) is 2. The first kappa shape index (κ1) is 17.9. The lowest BCUT2D eigenvalue weighted by molar-refractivity contribution is 0.143. The van der Waals surface area contributed by atoms with Crippen LogP contribution in [0.15, 0.2) is 11.0 Å². The molecule has 1 aromatic heterocycles. The SMILES string of the molecule is Cl.[O-][S@+]1CCc2nc(C3=CCNCC3)nc(NC3(CO)CCC3)c21. The summed E-state index contributed by atoms with van der Waals surface area (Å²) in [6, 6.07) is 0. The summed E-state index contributed by atoms with van der Waals surface area (Å²) in [5, 5.41) is 16.4. The van der Waals surface area contributed by atoms with Crippen LogP contribution in [0.1, 0.15) is 37.2 Å². The van der Waals surface area contributed by atoms with Crippen LogP contribution >= 0.6 is 12.4 Å². The number of halogens is 1. The van der Waals surface area contributed by atoms with Crippen LogP contribution in [-0.4, -0.2) is 50.6 Å². The molecule has 0 bridgehead atoms. The molecule has 1 aliphatic carbocycles. The van der Waals surface area contributed by atoms with Crippen molar-refractivity contribution in [1.29, 1.82) is 0 Å². The number of nitrogens with zero attached hydrogens (tertiary/aromatic N) is 2. The number of anilines is 1. The topological polar surface area (TPSA) is 93.1 Å². The Kier molecular flexibility index (Phi) is 5.36. The van der Waals surface area contributed by atoms with E-state index in [4.69, 9.17) is 4.98 Å². The highest BCUT2D eigenvalue weighted by Gasteiger charge is 2.40. The van der Waals surface area contributed by atoms with Gasteiger partial charge in [0, 0.05) is 13.0 Å². The molecule has 3 N–H and O–H groups in total. The highest BCUT2D eigenvalue weighted by Crippen LogP contribution is 2.39. The summed E-state index contributed by atoms with van der Waals surface area (Å²) in [5.41, 5.74) is 1.76. The van der Waals surface area contributed by atoms with Crippen LogP contribution in [0.25, 0.3) is 5.57 Å². The molecule has 0 saturated heterocycles. The fourth-order valence-corrected chi connectivity index (χ4v) is 4.73. The molecule has 8 heteroatoms. The highest BCUT2D eigenvalue weighted by molar-refractivity contribution is 7.91. The van der Waals surface area contributed by atoms with E-state index in [0.29, 0.717) is 11.6 Å². The molecule has 6 nitrogen and oxygen atoms in total. The molecule has 1 saturated carbocycles. The van der Waals surface area contributed by atoms with Crippen LogP contribution in [0.4, 0.5) is 5.82 Å². The minimum absolute atomic E-state index is 0. The molecule has 1 aromatic rings. The van der Waals surface area contributed by atoms with Gasteiger partial charge in [-0.1, -0.05) is 6.08 Å². The number of aromatic nitrogens is 2. The van der Waals surface area contributed by atoms with Crippen LogP contribution in [0.3, 0.4) is 0 Å². The van der Waals surface area contributed by atoms with E-state index in [-0.39, 0.29) is 24.6 Å². The predicted molar refractivity (Wildman–Crippen MR) is 97.0 cm³/mol. The molecule has 1 fully saturated rings. The van der Waals surface area contributed by atoms with E-state index >= 15 is 0 Å². The van der Waals surface area contributed by atoms with Crippen molar-refractivity contribution in [2.75, 3.05) is 30.8 Å². The molecule has 0 aromatic carbocycles. The Bertz CT molecular complexity index is 646. The van der Waals surface area contributed by atoms with E-state index in [0.717, 1.165) is 67.2 Å². The average Bonchev–Trinajstić information content (AvgIpc) is 2.93. The molecule has 24 heavy (non-hydrogen) atoms. The van der Waals surface area contributed by atoms with E-state index in [1.54, 1.807) is 0 Å². The van der Waals surface area contributed by atoms with E-state index in [2.05, 4.69) is 21.7 Å². The molecule has 4 rings (SSSR count). The summed E-state index contributed by atoms with van der Waals surface area (Å²) in [5.74, 6) is 2.04. The van der Waals surface area contributed by atoms with Crippen LogP contribution in [0, 0.1) is 0 Å². The normalized spacial score (nSPS) is 24.4. The molecule has 0 radical (unpaired) electrons. The second kappa shape index (κ2) is 7.17.